The third-order valence-corrected chi connectivity index (χ3v) is 15.5. The van der Waals surface area contributed by atoms with E-state index in [0.717, 1.165) is 38.5 Å². The van der Waals surface area contributed by atoms with Crippen LogP contribution in [0.25, 0.3) is 0 Å². The summed E-state index contributed by atoms with van der Waals surface area (Å²) < 4.78 is 15.5. The molecule has 1 aromatic rings. The van der Waals surface area contributed by atoms with Crippen molar-refractivity contribution in [3.8, 4) is 0 Å². The van der Waals surface area contributed by atoms with E-state index in [2.05, 4.69) is 85.4 Å². The van der Waals surface area contributed by atoms with E-state index in [0.29, 0.717) is 43.5 Å². The molecule has 6 rings (SSSR count). The molecule has 0 radical (unpaired) electrons. The Labute approximate surface area is 283 Å². The number of carboxylic acid groups (broad SMARTS) is 1. The first-order valence-corrected chi connectivity index (χ1v) is 18.3. The summed E-state index contributed by atoms with van der Waals surface area (Å²) in [6.45, 7) is 24.4. The fraction of sp³-hybridized carbons (Fsp3) is 0.868. The molecule has 0 spiro atoms. The van der Waals surface area contributed by atoms with Gasteiger partial charge in [0, 0.05) is 16.9 Å². The lowest BCUT2D eigenvalue weighted by atomic mass is 9.34. The SMILES string of the molecule is CC(C)[C@@H](C)[C@@]1(C)CC[C@]2(C)[C@H]3CC[C@@H]4C5(COC[C@]4(C)[C@@H](OC[C@H](N)C(C)(C)C)[C@H](n4cnc(N)n4)C5)C3=CC[C@@]2(C)[C@@H]1C(=O)O. The van der Waals surface area contributed by atoms with Gasteiger partial charge in [0.05, 0.1) is 37.9 Å². The molecule has 1 aliphatic heterocycles. The fourth-order valence-electron chi connectivity index (χ4n) is 12.0. The number of carbonyl (C=O) groups is 1. The second-order valence-electron chi connectivity index (χ2n) is 18.9. The van der Waals surface area contributed by atoms with Gasteiger partial charge in [-0.25, -0.2) is 9.67 Å². The quantitative estimate of drug-likeness (QED) is 0.275. The molecule has 4 fully saturated rings. The van der Waals surface area contributed by atoms with Crippen LogP contribution in [-0.2, 0) is 14.3 Å². The largest absolute Gasteiger partial charge is 0.481 e. The summed E-state index contributed by atoms with van der Waals surface area (Å²) in [5, 5.41) is 15.7. The molecule has 47 heavy (non-hydrogen) atoms. The van der Waals surface area contributed by atoms with Gasteiger partial charge in [0.2, 0.25) is 5.95 Å². The van der Waals surface area contributed by atoms with Crippen molar-refractivity contribution >= 4 is 11.9 Å². The minimum absolute atomic E-state index is 0.0776. The lowest BCUT2D eigenvalue weighted by molar-refractivity contribution is -0.251. The van der Waals surface area contributed by atoms with Crippen LogP contribution in [0.1, 0.15) is 114 Å². The predicted octanol–water partition coefficient (Wildman–Crippen LogP) is 6.75. The second kappa shape index (κ2) is 11.3. The van der Waals surface area contributed by atoms with E-state index in [9.17, 15) is 9.90 Å². The number of rotatable bonds is 7. The van der Waals surface area contributed by atoms with Crippen LogP contribution < -0.4 is 11.5 Å². The zero-order chi connectivity index (χ0) is 34.5. The zero-order valence-corrected chi connectivity index (χ0v) is 30.8. The number of ether oxygens (including phenoxy) is 2. The highest BCUT2D eigenvalue weighted by molar-refractivity contribution is 5.73. The smallest absolute Gasteiger partial charge is 0.307 e. The third-order valence-electron chi connectivity index (χ3n) is 15.5. The first kappa shape index (κ1) is 34.9. The third kappa shape index (κ3) is 4.90. The van der Waals surface area contributed by atoms with Gasteiger partial charge in [-0.2, -0.15) is 0 Å². The summed E-state index contributed by atoms with van der Waals surface area (Å²) in [7, 11) is 0. The zero-order valence-electron chi connectivity index (χ0n) is 30.8. The molecule has 1 unspecified atom stereocenters. The van der Waals surface area contributed by atoms with Crippen LogP contribution in [0.2, 0.25) is 0 Å². The molecule has 5 N–H and O–H groups in total. The molecule has 1 aromatic heterocycles. The number of aromatic nitrogens is 3. The molecule has 5 aliphatic rings. The standard InChI is InChI=1S/C38H63N5O4/c1-22(2)23(3)34(7)15-16-36(9)24-11-12-27-35(8)19-46-20-38(27,25(24)13-14-37(36,10)29(34)31(44)45)17-26(43-21-41-32(40)42-43)30(35)47-18-28(39)33(4,5)6/h13,21-24,26-30H,11-12,14-20,39H2,1-10H3,(H2,40,42)(H,44,45)/t23-,24+,26-,27+,28+,29-,30+,34-,35+,36-,37+,38?/m1/s1. The second-order valence-corrected chi connectivity index (χ2v) is 18.9. The Kier molecular flexibility index (Phi) is 8.37. The highest BCUT2D eigenvalue weighted by atomic mass is 16.5. The van der Waals surface area contributed by atoms with Crippen LogP contribution in [0.3, 0.4) is 0 Å². The Hall–Kier alpha value is -1.97. The lowest BCUT2D eigenvalue weighted by Gasteiger charge is -2.71. The maximum absolute atomic E-state index is 13.4. The van der Waals surface area contributed by atoms with Crippen LogP contribution in [0.5, 0.6) is 0 Å². The first-order valence-electron chi connectivity index (χ1n) is 18.3. The van der Waals surface area contributed by atoms with Crippen molar-refractivity contribution in [1.82, 2.24) is 14.8 Å². The number of carboxylic acids is 1. The minimum atomic E-state index is -0.624. The number of anilines is 1. The maximum atomic E-state index is 13.4. The number of nitrogens with zero attached hydrogens (tertiary/aromatic N) is 3. The van der Waals surface area contributed by atoms with Crippen molar-refractivity contribution in [2.45, 2.75) is 126 Å². The van der Waals surface area contributed by atoms with Gasteiger partial charge in [0.1, 0.15) is 6.33 Å². The molecule has 2 bridgehead atoms. The Bertz CT molecular complexity index is 1400. The number of hydrogen-bond acceptors (Lipinski definition) is 7. The van der Waals surface area contributed by atoms with Gasteiger partial charge in [-0.15, -0.1) is 5.10 Å². The highest BCUT2D eigenvalue weighted by Gasteiger charge is 2.72. The molecule has 264 valence electrons. The molecule has 12 atom stereocenters. The molecule has 3 saturated carbocycles. The molecular weight excluding hydrogens is 590 g/mol. The average molecular weight is 654 g/mol. The Morgan fingerprint density at radius 1 is 1.13 bits per heavy atom. The van der Waals surface area contributed by atoms with Crippen molar-refractivity contribution in [3.63, 3.8) is 0 Å². The van der Waals surface area contributed by atoms with Crippen LogP contribution in [0.4, 0.5) is 5.95 Å². The normalized spacial score (nSPS) is 44.5. The molecule has 4 aliphatic carbocycles. The van der Waals surface area contributed by atoms with Crippen molar-refractivity contribution in [2.75, 3.05) is 25.6 Å². The van der Waals surface area contributed by atoms with E-state index in [1.54, 1.807) is 6.33 Å². The Morgan fingerprint density at radius 2 is 1.83 bits per heavy atom. The summed E-state index contributed by atoms with van der Waals surface area (Å²) in [5.74, 6) is 0.650. The molecular formula is C38H63N5O4. The van der Waals surface area contributed by atoms with Gasteiger partial charge < -0.3 is 26.0 Å². The number of fused-ring (bicyclic) bond motifs is 3. The number of allylic oxidation sites excluding steroid dienone is 1. The Morgan fingerprint density at radius 3 is 2.43 bits per heavy atom. The van der Waals surface area contributed by atoms with E-state index < -0.39 is 11.9 Å². The van der Waals surface area contributed by atoms with Crippen LogP contribution in [0.15, 0.2) is 18.0 Å². The van der Waals surface area contributed by atoms with Gasteiger partial charge in [-0.3, -0.25) is 4.79 Å². The van der Waals surface area contributed by atoms with E-state index in [-0.39, 0.29) is 56.6 Å². The highest BCUT2D eigenvalue weighted by Crippen LogP contribution is 2.75. The summed E-state index contributed by atoms with van der Waals surface area (Å²) in [6, 6.07) is -0.193. The Balaban J connectivity index is 1.44. The van der Waals surface area contributed by atoms with Crippen molar-refractivity contribution < 1.29 is 19.4 Å². The average Bonchev–Trinajstić information content (AvgIpc) is 3.41. The summed E-state index contributed by atoms with van der Waals surface area (Å²) in [5.41, 5.74) is 13.0. The van der Waals surface area contributed by atoms with Crippen LogP contribution >= 0.6 is 0 Å². The van der Waals surface area contributed by atoms with Gasteiger partial charge in [-0.05, 0) is 83.9 Å². The summed E-state index contributed by atoms with van der Waals surface area (Å²) >= 11 is 0. The van der Waals surface area contributed by atoms with E-state index in [4.69, 9.17) is 20.9 Å². The van der Waals surface area contributed by atoms with E-state index >= 15 is 0 Å². The fourth-order valence-corrected chi connectivity index (χ4v) is 12.0. The molecule has 9 heteroatoms. The monoisotopic (exact) mass is 653 g/mol. The van der Waals surface area contributed by atoms with Crippen LogP contribution in [0, 0.1) is 62.1 Å². The topological polar surface area (TPSA) is 139 Å². The van der Waals surface area contributed by atoms with Gasteiger partial charge in [0.25, 0.3) is 0 Å². The van der Waals surface area contributed by atoms with E-state index in [1.807, 2.05) is 4.68 Å². The molecule has 0 amide bonds. The molecule has 2 heterocycles. The molecule has 1 saturated heterocycles. The predicted molar refractivity (Wildman–Crippen MR) is 184 cm³/mol. The van der Waals surface area contributed by atoms with Crippen LogP contribution in [-0.4, -0.2) is 57.8 Å². The minimum Gasteiger partial charge on any atom is -0.481 e. The lowest BCUT2D eigenvalue weighted by Crippen LogP contribution is -2.69. The summed E-state index contributed by atoms with van der Waals surface area (Å²) in [6.07, 6.45) is 9.82. The maximum Gasteiger partial charge on any atom is 0.307 e. The number of nitrogen functional groups attached to an aromatic ring is 1. The van der Waals surface area contributed by atoms with Gasteiger partial charge in [-0.1, -0.05) is 80.9 Å². The van der Waals surface area contributed by atoms with Crippen molar-refractivity contribution in [2.24, 2.45) is 67.8 Å². The van der Waals surface area contributed by atoms with Gasteiger partial charge in [0.15, 0.2) is 0 Å². The number of hydrogen-bond donors (Lipinski definition) is 3. The molecule has 9 nitrogen and oxygen atoms in total. The van der Waals surface area contributed by atoms with Crippen molar-refractivity contribution in [1.29, 1.82) is 0 Å². The van der Waals surface area contributed by atoms with Crippen molar-refractivity contribution in [3.05, 3.63) is 18.0 Å². The van der Waals surface area contributed by atoms with E-state index in [1.165, 1.54) is 5.57 Å². The molecule has 0 aromatic carbocycles. The van der Waals surface area contributed by atoms with Gasteiger partial charge >= 0.3 is 5.97 Å². The number of nitrogens with two attached hydrogens (primary N) is 2. The first-order chi connectivity index (χ1) is 21.8. The summed E-state index contributed by atoms with van der Waals surface area (Å²) in [4.78, 5) is 17.8. The number of aliphatic carboxylic acids is 1.